The van der Waals surface area contributed by atoms with Crippen LogP contribution in [0.3, 0.4) is 0 Å². The molecule has 0 spiro atoms. The first kappa shape index (κ1) is 24.3. The zero-order chi connectivity index (χ0) is 25.5. The van der Waals surface area contributed by atoms with Gasteiger partial charge in [0, 0.05) is 55.8 Å². The molecule has 2 aromatic carbocycles. The van der Waals surface area contributed by atoms with Gasteiger partial charge in [-0.3, -0.25) is 4.98 Å². The van der Waals surface area contributed by atoms with Crippen molar-refractivity contribution in [2.75, 3.05) is 37.3 Å². The lowest BCUT2D eigenvalue weighted by Gasteiger charge is -2.35. The fraction of sp³-hybridized carbons (Fsp3) is 0.200. The van der Waals surface area contributed by atoms with Gasteiger partial charge < -0.3 is 4.90 Å². The van der Waals surface area contributed by atoms with Gasteiger partial charge >= 0.3 is 0 Å². The van der Waals surface area contributed by atoms with Crippen LogP contribution in [0.4, 0.5) is 10.2 Å². The van der Waals surface area contributed by atoms with Crippen molar-refractivity contribution in [2.24, 2.45) is 0 Å². The predicted molar refractivity (Wildman–Crippen MR) is 135 cm³/mol. The first-order valence-corrected chi connectivity index (χ1v) is 14.5. The average molecular weight is 527 g/mol. The number of benzene rings is 2. The molecule has 36 heavy (non-hydrogen) atoms. The minimum atomic E-state index is -3.86. The van der Waals surface area contributed by atoms with E-state index in [-0.39, 0.29) is 28.7 Å². The molecule has 0 atom stereocenters. The Bertz CT molecular complexity index is 1650. The van der Waals surface area contributed by atoms with Crippen molar-refractivity contribution >= 4 is 36.6 Å². The van der Waals surface area contributed by atoms with E-state index in [4.69, 9.17) is 0 Å². The maximum Gasteiger partial charge on any atom is 0.243 e. The lowest BCUT2D eigenvalue weighted by atomic mass is 10.0. The quantitative estimate of drug-likeness (QED) is 0.393. The Kier molecular flexibility index (Phi) is 6.23. The van der Waals surface area contributed by atoms with Crippen LogP contribution in [0, 0.1) is 5.82 Å². The number of sulfonamides is 1. The molecule has 0 radical (unpaired) electrons. The summed E-state index contributed by atoms with van der Waals surface area (Å²) in [5.41, 5.74) is 2.32. The lowest BCUT2D eigenvalue weighted by Crippen LogP contribution is -2.49. The normalized spacial score (nSPS) is 15.3. The number of aromatic nitrogens is 2. The van der Waals surface area contributed by atoms with Gasteiger partial charge in [0.2, 0.25) is 10.0 Å². The van der Waals surface area contributed by atoms with Crippen LogP contribution in [0.15, 0.2) is 82.8 Å². The Balaban J connectivity index is 1.41. The summed E-state index contributed by atoms with van der Waals surface area (Å²) in [5.74, 6) is 0.328. The molecule has 0 amide bonds. The van der Waals surface area contributed by atoms with Crippen LogP contribution in [0.25, 0.3) is 22.0 Å². The fourth-order valence-corrected chi connectivity index (χ4v) is 6.51. The summed E-state index contributed by atoms with van der Waals surface area (Å²) >= 11 is 0. The summed E-state index contributed by atoms with van der Waals surface area (Å²) in [5, 5.41) is 0.863. The van der Waals surface area contributed by atoms with Gasteiger partial charge in [-0.1, -0.05) is 24.3 Å². The van der Waals surface area contributed by atoms with Gasteiger partial charge in [-0.2, -0.15) is 4.31 Å². The van der Waals surface area contributed by atoms with Crippen molar-refractivity contribution in [3.63, 3.8) is 0 Å². The van der Waals surface area contributed by atoms with Gasteiger partial charge in [-0.05, 0) is 42.0 Å². The number of hydrogen-bond donors (Lipinski definition) is 0. The molecule has 2 aromatic heterocycles. The van der Waals surface area contributed by atoms with Gasteiger partial charge in [0.1, 0.15) is 11.3 Å². The van der Waals surface area contributed by atoms with Crippen molar-refractivity contribution in [1.29, 1.82) is 0 Å². The number of rotatable bonds is 5. The molecule has 0 saturated carbocycles. The van der Waals surface area contributed by atoms with Crippen LogP contribution in [0.5, 0.6) is 0 Å². The Morgan fingerprint density at radius 3 is 2.22 bits per heavy atom. The van der Waals surface area contributed by atoms with E-state index in [1.165, 1.54) is 40.7 Å². The summed E-state index contributed by atoms with van der Waals surface area (Å²) in [6.07, 6.45) is 4.45. The zero-order valence-corrected chi connectivity index (χ0v) is 21.0. The van der Waals surface area contributed by atoms with Gasteiger partial charge in [0.25, 0.3) is 0 Å². The number of fused-ring (bicyclic) bond motifs is 1. The molecule has 8 nitrogen and oxygen atoms in total. The summed E-state index contributed by atoms with van der Waals surface area (Å²) < 4.78 is 64.9. The van der Waals surface area contributed by atoms with Gasteiger partial charge in [-0.25, -0.2) is 26.2 Å². The van der Waals surface area contributed by atoms with E-state index >= 15 is 0 Å². The third-order valence-corrected chi connectivity index (χ3v) is 9.20. The Morgan fingerprint density at radius 1 is 0.833 bits per heavy atom. The van der Waals surface area contributed by atoms with Crippen molar-refractivity contribution in [3.05, 3.63) is 78.9 Å². The topological polar surface area (TPSA) is 101 Å². The molecule has 4 aromatic rings. The SMILES string of the molecule is CS(=O)(=O)c1cccc(S(=O)(=O)N2CCN(c3ncc(-c4ccc(F)cc4)c4cccnc34)CC2)c1. The minimum absolute atomic E-state index is 0.0369. The molecule has 1 fully saturated rings. The van der Waals surface area contributed by atoms with Crippen LogP contribution in [-0.2, 0) is 19.9 Å². The van der Waals surface area contributed by atoms with Crippen LogP contribution >= 0.6 is 0 Å². The maximum absolute atomic E-state index is 13.4. The van der Waals surface area contributed by atoms with Crippen molar-refractivity contribution < 1.29 is 21.2 Å². The highest BCUT2D eigenvalue weighted by Crippen LogP contribution is 2.32. The minimum Gasteiger partial charge on any atom is -0.352 e. The van der Waals surface area contributed by atoms with Crippen LogP contribution in [-0.4, -0.2) is 63.5 Å². The van der Waals surface area contributed by atoms with Crippen LogP contribution < -0.4 is 4.90 Å². The molecule has 0 bridgehead atoms. The standard InChI is InChI=1S/C25H23FN4O4S2/c1-35(31,32)20-4-2-5-21(16-20)36(33,34)30-14-12-29(13-15-30)25-24-22(6-3-11-27-24)23(17-28-25)18-7-9-19(26)10-8-18/h2-11,16-17H,12-15H2,1H3. The number of pyridine rings is 2. The highest BCUT2D eigenvalue weighted by molar-refractivity contribution is 7.91. The number of hydrogen-bond acceptors (Lipinski definition) is 7. The molecule has 1 aliphatic rings. The monoisotopic (exact) mass is 526 g/mol. The molecule has 11 heteroatoms. The molecular formula is C25H23FN4O4S2. The summed E-state index contributed by atoms with van der Waals surface area (Å²) in [6.45, 7) is 1.20. The number of sulfone groups is 1. The second-order valence-electron chi connectivity index (χ2n) is 8.54. The van der Waals surface area contributed by atoms with Crippen LogP contribution in [0.2, 0.25) is 0 Å². The predicted octanol–water partition coefficient (Wildman–Crippen LogP) is 3.35. The van der Waals surface area contributed by atoms with Crippen molar-refractivity contribution in [2.45, 2.75) is 9.79 Å². The average Bonchev–Trinajstić information content (AvgIpc) is 2.88. The molecule has 0 N–H and O–H groups in total. The third-order valence-electron chi connectivity index (χ3n) is 6.19. The number of halogens is 1. The largest absolute Gasteiger partial charge is 0.352 e. The third kappa shape index (κ3) is 4.57. The molecular weight excluding hydrogens is 503 g/mol. The zero-order valence-electron chi connectivity index (χ0n) is 19.4. The molecule has 3 heterocycles. The molecule has 1 aliphatic heterocycles. The Hall–Kier alpha value is -3.41. The second kappa shape index (κ2) is 9.23. The number of anilines is 1. The Labute approximate surface area is 209 Å². The maximum atomic E-state index is 13.4. The molecule has 0 unspecified atom stereocenters. The molecule has 186 valence electrons. The van der Waals surface area contributed by atoms with E-state index in [0.29, 0.717) is 24.4 Å². The van der Waals surface area contributed by atoms with E-state index in [1.807, 2.05) is 17.0 Å². The number of nitrogens with zero attached hydrogens (tertiary/aromatic N) is 4. The lowest BCUT2D eigenvalue weighted by molar-refractivity contribution is 0.384. The van der Waals surface area contributed by atoms with Gasteiger partial charge in [0.15, 0.2) is 15.7 Å². The van der Waals surface area contributed by atoms with Crippen molar-refractivity contribution in [3.8, 4) is 11.1 Å². The van der Waals surface area contributed by atoms with E-state index in [0.717, 1.165) is 22.8 Å². The van der Waals surface area contributed by atoms with E-state index in [9.17, 15) is 21.2 Å². The van der Waals surface area contributed by atoms with Crippen molar-refractivity contribution in [1.82, 2.24) is 14.3 Å². The van der Waals surface area contributed by atoms with E-state index in [2.05, 4.69) is 9.97 Å². The first-order valence-electron chi connectivity index (χ1n) is 11.2. The first-order chi connectivity index (χ1) is 17.1. The van der Waals surface area contributed by atoms with Gasteiger partial charge in [0.05, 0.1) is 9.79 Å². The fourth-order valence-electron chi connectivity index (χ4n) is 4.30. The number of piperazine rings is 1. The highest BCUT2D eigenvalue weighted by Gasteiger charge is 2.30. The molecule has 1 saturated heterocycles. The second-order valence-corrected chi connectivity index (χ2v) is 12.5. The van der Waals surface area contributed by atoms with Gasteiger partial charge in [-0.15, -0.1) is 0 Å². The molecule has 5 rings (SSSR count). The van der Waals surface area contributed by atoms with E-state index < -0.39 is 19.9 Å². The smallest absolute Gasteiger partial charge is 0.243 e. The summed E-state index contributed by atoms with van der Waals surface area (Å²) in [6, 6.07) is 15.4. The summed E-state index contributed by atoms with van der Waals surface area (Å²) in [4.78, 5) is 11.1. The highest BCUT2D eigenvalue weighted by atomic mass is 32.2. The molecule has 0 aliphatic carbocycles. The Morgan fingerprint density at radius 2 is 1.53 bits per heavy atom. The van der Waals surface area contributed by atoms with Crippen LogP contribution in [0.1, 0.15) is 0 Å². The summed E-state index contributed by atoms with van der Waals surface area (Å²) in [7, 11) is -7.40. The van der Waals surface area contributed by atoms with E-state index in [1.54, 1.807) is 24.5 Å².